The number of hydrogen-bond donors (Lipinski definition) is 0. The van der Waals surface area contributed by atoms with Crippen molar-refractivity contribution in [1.82, 2.24) is 9.97 Å². The van der Waals surface area contributed by atoms with Gasteiger partial charge in [-0.25, -0.2) is 0 Å². The molecule has 88 valence electrons. The van der Waals surface area contributed by atoms with Crippen molar-refractivity contribution in [2.75, 3.05) is 0 Å². The lowest BCUT2D eigenvalue weighted by molar-refractivity contribution is 0.923. The molecule has 1 atom stereocenters. The molecule has 0 bridgehead atoms. The van der Waals surface area contributed by atoms with Crippen molar-refractivity contribution in [2.24, 2.45) is 0 Å². The smallest absolute Gasteiger partial charge is 0.0889 e. The predicted molar refractivity (Wildman–Crippen MR) is 73.5 cm³/mol. The molecule has 3 rings (SSSR count). The van der Waals surface area contributed by atoms with E-state index < -0.39 is 0 Å². The zero-order valence-corrected chi connectivity index (χ0v) is 10.2. The number of nitrogens with zero attached hydrogens (tertiary/aromatic N) is 2. The van der Waals surface area contributed by atoms with Crippen LogP contribution in [-0.4, -0.2) is 9.97 Å². The van der Waals surface area contributed by atoms with Crippen LogP contribution in [0.25, 0.3) is 11.0 Å². The van der Waals surface area contributed by atoms with Crippen LogP contribution in [0, 0.1) is 0 Å². The first-order valence-corrected chi connectivity index (χ1v) is 6.10. The summed E-state index contributed by atoms with van der Waals surface area (Å²) in [6.07, 6.45) is 3.46. The average molecular weight is 234 g/mol. The molecule has 0 spiro atoms. The topological polar surface area (TPSA) is 25.8 Å². The molecule has 1 aromatic heterocycles. The van der Waals surface area contributed by atoms with Gasteiger partial charge >= 0.3 is 0 Å². The van der Waals surface area contributed by atoms with Gasteiger partial charge in [0.2, 0.25) is 0 Å². The standard InChI is InChI=1S/C16H14N2/c1-12(13-5-3-2-4-6-13)14-7-8-15-16(11-14)18-10-9-17-15/h2-12H,1H3. The summed E-state index contributed by atoms with van der Waals surface area (Å²) < 4.78 is 0. The van der Waals surface area contributed by atoms with Gasteiger partial charge in [-0.15, -0.1) is 0 Å². The Hall–Kier alpha value is -2.22. The first-order valence-electron chi connectivity index (χ1n) is 6.10. The molecular formula is C16H14N2. The molecule has 2 heteroatoms. The molecule has 0 N–H and O–H groups in total. The quantitative estimate of drug-likeness (QED) is 0.674. The number of benzene rings is 2. The molecule has 1 unspecified atom stereocenters. The maximum absolute atomic E-state index is 4.36. The monoisotopic (exact) mass is 234 g/mol. The van der Waals surface area contributed by atoms with Gasteiger partial charge in [0.05, 0.1) is 11.0 Å². The minimum atomic E-state index is 0.373. The van der Waals surface area contributed by atoms with Crippen LogP contribution in [0.15, 0.2) is 60.9 Å². The zero-order valence-electron chi connectivity index (χ0n) is 10.2. The highest BCUT2D eigenvalue weighted by Crippen LogP contribution is 2.25. The third-order valence-electron chi connectivity index (χ3n) is 3.29. The van der Waals surface area contributed by atoms with E-state index in [-0.39, 0.29) is 0 Å². The van der Waals surface area contributed by atoms with Crippen molar-refractivity contribution in [3.05, 3.63) is 72.1 Å². The Labute approximate surface area is 106 Å². The largest absolute Gasteiger partial charge is 0.253 e. The molecule has 0 fully saturated rings. The van der Waals surface area contributed by atoms with Crippen LogP contribution in [0.4, 0.5) is 0 Å². The van der Waals surface area contributed by atoms with E-state index in [2.05, 4.69) is 53.3 Å². The van der Waals surface area contributed by atoms with Crippen LogP contribution in [-0.2, 0) is 0 Å². The van der Waals surface area contributed by atoms with Crippen LogP contribution < -0.4 is 0 Å². The Bertz CT molecular complexity index is 662. The van der Waals surface area contributed by atoms with Crippen molar-refractivity contribution in [3.63, 3.8) is 0 Å². The van der Waals surface area contributed by atoms with E-state index in [1.54, 1.807) is 12.4 Å². The first kappa shape index (κ1) is 10.9. The van der Waals surface area contributed by atoms with Crippen LogP contribution in [0.3, 0.4) is 0 Å². The lowest BCUT2D eigenvalue weighted by Gasteiger charge is -2.12. The van der Waals surface area contributed by atoms with Gasteiger partial charge in [0.15, 0.2) is 0 Å². The minimum absolute atomic E-state index is 0.373. The van der Waals surface area contributed by atoms with Crippen molar-refractivity contribution in [2.45, 2.75) is 12.8 Å². The number of aromatic nitrogens is 2. The molecule has 0 aliphatic rings. The summed E-state index contributed by atoms with van der Waals surface area (Å²) >= 11 is 0. The molecule has 0 radical (unpaired) electrons. The maximum atomic E-state index is 4.36. The van der Waals surface area contributed by atoms with Gasteiger partial charge in [-0.1, -0.05) is 43.3 Å². The highest BCUT2D eigenvalue weighted by Gasteiger charge is 2.08. The van der Waals surface area contributed by atoms with Gasteiger partial charge in [0.1, 0.15) is 0 Å². The van der Waals surface area contributed by atoms with Gasteiger partial charge in [-0.2, -0.15) is 0 Å². The Kier molecular flexibility index (Phi) is 2.77. The molecule has 2 nitrogen and oxygen atoms in total. The van der Waals surface area contributed by atoms with Gasteiger partial charge < -0.3 is 0 Å². The summed E-state index contributed by atoms with van der Waals surface area (Å²) in [6, 6.07) is 16.8. The Morgan fingerprint density at radius 2 is 1.50 bits per heavy atom. The zero-order chi connectivity index (χ0) is 12.4. The molecule has 2 aromatic carbocycles. The molecule has 1 heterocycles. The van der Waals surface area contributed by atoms with Gasteiger partial charge in [-0.3, -0.25) is 9.97 Å². The minimum Gasteiger partial charge on any atom is -0.253 e. The fourth-order valence-electron chi connectivity index (χ4n) is 2.18. The lowest BCUT2D eigenvalue weighted by Crippen LogP contribution is -1.96. The molecule has 18 heavy (non-hydrogen) atoms. The van der Waals surface area contributed by atoms with E-state index in [9.17, 15) is 0 Å². The molecule has 3 aromatic rings. The lowest BCUT2D eigenvalue weighted by atomic mass is 9.93. The van der Waals surface area contributed by atoms with Crippen molar-refractivity contribution < 1.29 is 0 Å². The molecule has 0 aliphatic heterocycles. The third-order valence-corrected chi connectivity index (χ3v) is 3.29. The fourth-order valence-corrected chi connectivity index (χ4v) is 2.18. The predicted octanol–water partition coefficient (Wildman–Crippen LogP) is 3.78. The Morgan fingerprint density at radius 1 is 0.778 bits per heavy atom. The summed E-state index contributed by atoms with van der Waals surface area (Å²) in [5.41, 5.74) is 4.49. The molecule has 0 aliphatic carbocycles. The van der Waals surface area contributed by atoms with Gasteiger partial charge in [-0.05, 0) is 23.3 Å². The maximum Gasteiger partial charge on any atom is 0.0889 e. The highest BCUT2D eigenvalue weighted by molar-refractivity contribution is 5.74. The fraction of sp³-hybridized carbons (Fsp3) is 0.125. The van der Waals surface area contributed by atoms with E-state index in [0.29, 0.717) is 5.92 Å². The van der Waals surface area contributed by atoms with Crippen molar-refractivity contribution in [1.29, 1.82) is 0 Å². The summed E-state index contributed by atoms with van der Waals surface area (Å²) in [5, 5.41) is 0. The SMILES string of the molecule is CC(c1ccccc1)c1ccc2nccnc2c1. The second kappa shape index (κ2) is 4.57. The highest BCUT2D eigenvalue weighted by atomic mass is 14.8. The molecular weight excluding hydrogens is 220 g/mol. The van der Waals surface area contributed by atoms with E-state index in [4.69, 9.17) is 0 Å². The van der Waals surface area contributed by atoms with Crippen LogP contribution in [0.5, 0.6) is 0 Å². The van der Waals surface area contributed by atoms with Crippen molar-refractivity contribution >= 4 is 11.0 Å². The summed E-state index contributed by atoms with van der Waals surface area (Å²) in [5.74, 6) is 0.373. The molecule has 0 amide bonds. The van der Waals surface area contributed by atoms with Gasteiger partial charge in [0.25, 0.3) is 0 Å². The molecule has 0 saturated carbocycles. The first-order chi connectivity index (χ1) is 8.84. The number of rotatable bonds is 2. The van der Waals surface area contributed by atoms with E-state index in [1.165, 1.54) is 11.1 Å². The second-order valence-electron chi connectivity index (χ2n) is 4.44. The van der Waals surface area contributed by atoms with Crippen LogP contribution in [0.2, 0.25) is 0 Å². The van der Waals surface area contributed by atoms with E-state index >= 15 is 0 Å². The number of hydrogen-bond acceptors (Lipinski definition) is 2. The second-order valence-corrected chi connectivity index (χ2v) is 4.44. The Morgan fingerprint density at radius 3 is 2.28 bits per heavy atom. The van der Waals surface area contributed by atoms with Gasteiger partial charge in [0, 0.05) is 18.3 Å². The third kappa shape index (κ3) is 1.97. The van der Waals surface area contributed by atoms with Crippen LogP contribution in [0.1, 0.15) is 24.0 Å². The Balaban J connectivity index is 2.04. The summed E-state index contributed by atoms with van der Waals surface area (Å²) in [6.45, 7) is 2.22. The van der Waals surface area contributed by atoms with Crippen LogP contribution >= 0.6 is 0 Å². The normalized spacial score (nSPS) is 12.5. The van der Waals surface area contributed by atoms with Crippen molar-refractivity contribution in [3.8, 4) is 0 Å². The number of fused-ring (bicyclic) bond motifs is 1. The summed E-state index contributed by atoms with van der Waals surface area (Å²) in [7, 11) is 0. The molecule has 0 saturated heterocycles. The van der Waals surface area contributed by atoms with E-state index in [1.807, 2.05) is 12.1 Å². The van der Waals surface area contributed by atoms with E-state index in [0.717, 1.165) is 11.0 Å². The summed E-state index contributed by atoms with van der Waals surface area (Å²) in [4.78, 5) is 8.65. The average Bonchev–Trinajstić information content (AvgIpc) is 2.47.